The number of ether oxygens (including phenoxy) is 4. The van der Waals surface area contributed by atoms with Crippen LogP contribution >= 0.6 is 0 Å². The molecule has 0 aliphatic heterocycles. The van der Waals surface area contributed by atoms with Crippen molar-refractivity contribution in [3.05, 3.63) is 131 Å². The quantitative estimate of drug-likeness (QED) is 0.176. The fraction of sp³-hybridized carbons (Fsp3) is 0.161. The van der Waals surface area contributed by atoms with E-state index >= 15 is 0 Å². The molecule has 6 nitrogen and oxygen atoms in total. The maximum Gasteiger partial charge on any atom is 0.317 e. The summed E-state index contributed by atoms with van der Waals surface area (Å²) in [6, 6.07) is 34.3. The zero-order chi connectivity index (χ0) is 25.7. The lowest BCUT2D eigenvalue weighted by atomic mass is 10.2. The first kappa shape index (κ1) is 25.5. The zero-order valence-electron chi connectivity index (χ0n) is 20.4. The summed E-state index contributed by atoms with van der Waals surface area (Å²) in [6.45, 7) is 1.08. The van der Waals surface area contributed by atoms with E-state index in [-0.39, 0.29) is 13.2 Å². The number of hydrogen-bond acceptors (Lipinski definition) is 6. The van der Waals surface area contributed by atoms with Crippen molar-refractivity contribution in [3.8, 4) is 11.5 Å². The largest absolute Gasteiger partial charge is 0.489 e. The molecule has 0 aliphatic carbocycles. The van der Waals surface area contributed by atoms with Gasteiger partial charge in [-0.3, -0.25) is 9.59 Å². The average molecular weight is 497 g/mol. The van der Waals surface area contributed by atoms with Crippen LogP contribution in [0.1, 0.15) is 28.7 Å². The van der Waals surface area contributed by atoms with E-state index in [0.29, 0.717) is 13.2 Å². The summed E-state index contributed by atoms with van der Waals surface area (Å²) in [5, 5.41) is 0. The van der Waals surface area contributed by atoms with Crippen LogP contribution in [0, 0.1) is 0 Å². The Morgan fingerprint density at radius 2 is 0.784 bits per heavy atom. The number of hydrogen-bond donors (Lipinski definition) is 0. The van der Waals surface area contributed by atoms with Crippen LogP contribution in [0.4, 0.5) is 0 Å². The Morgan fingerprint density at radius 1 is 0.432 bits per heavy atom. The van der Waals surface area contributed by atoms with Gasteiger partial charge >= 0.3 is 11.9 Å². The molecular weight excluding hydrogens is 468 g/mol. The molecule has 0 bridgehead atoms. The molecule has 0 saturated heterocycles. The second kappa shape index (κ2) is 13.5. The monoisotopic (exact) mass is 496 g/mol. The van der Waals surface area contributed by atoms with Gasteiger partial charge in [-0.15, -0.1) is 0 Å². The first-order chi connectivity index (χ1) is 18.1. The second-order valence-electron chi connectivity index (χ2n) is 8.33. The fourth-order valence-corrected chi connectivity index (χ4v) is 3.39. The molecule has 4 aromatic carbocycles. The van der Waals surface area contributed by atoms with Crippen LogP contribution < -0.4 is 9.47 Å². The van der Waals surface area contributed by atoms with Gasteiger partial charge in [-0.1, -0.05) is 84.9 Å². The van der Waals surface area contributed by atoms with Gasteiger partial charge < -0.3 is 18.9 Å². The van der Waals surface area contributed by atoms with Crippen molar-refractivity contribution in [3.63, 3.8) is 0 Å². The van der Waals surface area contributed by atoms with Crippen LogP contribution in [0.2, 0.25) is 0 Å². The van der Waals surface area contributed by atoms with Crippen LogP contribution in [0.15, 0.2) is 109 Å². The van der Waals surface area contributed by atoms with E-state index in [9.17, 15) is 9.59 Å². The zero-order valence-corrected chi connectivity index (χ0v) is 20.4. The molecule has 4 rings (SSSR count). The van der Waals surface area contributed by atoms with Crippen molar-refractivity contribution < 1.29 is 28.5 Å². The third-order valence-electron chi connectivity index (χ3n) is 5.43. The third-order valence-corrected chi connectivity index (χ3v) is 5.43. The summed E-state index contributed by atoms with van der Waals surface area (Å²) in [6.07, 6.45) is -0.448. The molecule has 0 atom stereocenters. The molecule has 0 aliphatic rings. The van der Waals surface area contributed by atoms with Crippen molar-refractivity contribution in [2.45, 2.75) is 32.8 Å². The standard InChI is InChI=1S/C31H28O6/c32-30(36-22-26-11-15-28(16-12-26)34-20-24-7-3-1-4-8-24)19-31(33)37-23-27-13-17-29(18-14-27)35-21-25-9-5-2-6-10-25/h1-18H,19-23H2. The molecule has 6 heteroatoms. The van der Waals surface area contributed by atoms with Gasteiger partial charge in [-0.05, 0) is 46.5 Å². The van der Waals surface area contributed by atoms with Crippen molar-refractivity contribution in [2.24, 2.45) is 0 Å². The average Bonchev–Trinajstić information content (AvgIpc) is 2.95. The first-order valence-corrected chi connectivity index (χ1v) is 12.0. The first-order valence-electron chi connectivity index (χ1n) is 12.0. The number of esters is 2. The normalized spacial score (nSPS) is 10.4. The van der Waals surface area contributed by atoms with Crippen LogP contribution in [-0.2, 0) is 45.5 Å². The second-order valence-corrected chi connectivity index (χ2v) is 8.33. The minimum Gasteiger partial charge on any atom is -0.489 e. The van der Waals surface area contributed by atoms with Crippen LogP contribution in [0.3, 0.4) is 0 Å². The Morgan fingerprint density at radius 3 is 1.16 bits per heavy atom. The fourth-order valence-electron chi connectivity index (χ4n) is 3.39. The molecule has 37 heavy (non-hydrogen) atoms. The molecule has 0 fully saturated rings. The molecular formula is C31H28O6. The Bertz CT molecular complexity index is 1150. The van der Waals surface area contributed by atoms with Crippen molar-refractivity contribution in [1.29, 1.82) is 0 Å². The van der Waals surface area contributed by atoms with Crippen LogP contribution in [-0.4, -0.2) is 11.9 Å². The Labute approximate surface area is 216 Å². The van der Waals surface area contributed by atoms with E-state index in [4.69, 9.17) is 18.9 Å². The topological polar surface area (TPSA) is 71.1 Å². The predicted octanol–water partition coefficient (Wildman–Crippen LogP) is 6.02. The predicted molar refractivity (Wildman–Crippen MR) is 139 cm³/mol. The Hall–Kier alpha value is -4.58. The smallest absolute Gasteiger partial charge is 0.317 e. The highest BCUT2D eigenvalue weighted by molar-refractivity contribution is 5.91. The van der Waals surface area contributed by atoms with Crippen LogP contribution in [0.25, 0.3) is 0 Å². The van der Waals surface area contributed by atoms with Crippen molar-refractivity contribution in [1.82, 2.24) is 0 Å². The minimum absolute atomic E-state index is 0.0650. The lowest BCUT2D eigenvalue weighted by molar-refractivity contribution is -0.156. The highest BCUT2D eigenvalue weighted by Gasteiger charge is 2.13. The molecule has 0 amide bonds. The van der Waals surface area contributed by atoms with Gasteiger partial charge in [0, 0.05) is 0 Å². The number of benzene rings is 4. The number of carbonyl (C=O) groups is 2. The third kappa shape index (κ3) is 8.85. The SMILES string of the molecule is O=C(CC(=O)OCc1ccc(OCc2ccccc2)cc1)OCc1ccc(OCc2ccccc2)cc1. The molecule has 0 N–H and O–H groups in total. The molecule has 0 heterocycles. The summed E-state index contributed by atoms with van der Waals surface area (Å²) in [4.78, 5) is 24.1. The molecule has 4 aromatic rings. The van der Waals surface area contributed by atoms with E-state index in [1.807, 2.05) is 109 Å². The van der Waals surface area contributed by atoms with Gasteiger partial charge in [-0.25, -0.2) is 0 Å². The van der Waals surface area contributed by atoms with Crippen molar-refractivity contribution >= 4 is 11.9 Å². The molecule has 0 saturated carbocycles. The highest BCUT2D eigenvalue weighted by atomic mass is 16.6. The lowest BCUT2D eigenvalue weighted by Crippen LogP contribution is -2.13. The number of rotatable bonds is 12. The van der Waals surface area contributed by atoms with Gasteiger partial charge in [0.25, 0.3) is 0 Å². The Balaban J connectivity index is 1.12. The molecule has 0 spiro atoms. The summed E-state index contributed by atoms with van der Waals surface area (Å²) < 4.78 is 21.9. The van der Waals surface area contributed by atoms with E-state index in [1.165, 1.54) is 0 Å². The van der Waals surface area contributed by atoms with Crippen molar-refractivity contribution in [2.75, 3.05) is 0 Å². The molecule has 0 unspecified atom stereocenters. The van der Waals surface area contributed by atoms with Crippen LogP contribution in [0.5, 0.6) is 11.5 Å². The van der Waals surface area contributed by atoms with Gasteiger partial charge in [0.15, 0.2) is 0 Å². The summed E-state index contributed by atoms with van der Waals surface area (Å²) >= 11 is 0. The highest BCUT2D eigenvalue weighted by Crippen LogP contribution is 2.16. The van der Waals surface area contributed by atoms with Gasteiger partial charge in [-0.2, -0.15) is 0 Å². The van der Waals surface area contributed by atoms with E-state index in [0.717, 1.165) is 33.8 Å². The van der Waals surface area contributed by atoms with E-state index < -0.39 is 18.4 Å². The molecule has 0 radical (unpaired) electrons. The van der Waals surface area contributed by atoms with E-state index in [2.05, 4.69) is 0 Å². The van der Waals surface area contributed by atoms with Gasteiger partial charge in [0.1, 0.15) is 44.3 Å². The number of carbonyl (C=O) groups excluding carboxylic acids is 2. The van der Waals surface area contributed by atoms with Gasteiger partial charge in [0.05, 0.1) is 0 Å². The summed E-state index contributed by atoms with van der Waals surface area (Å²) in [5.74, 6) is 0.162. The molecule has 188 valence electrons. The Kier molecular flexibility index (Phi) is 9.30. The lowest BCUT2D eigenvalue weighted by Gasteiger charge is -2.09. The summed E-state index contributed by atoms with van der Waals surface area (Å²) in [5.41, 5.74) is 3.75. The maximum absolute atomic E-state index is 12.0. The van der Waals surface area contributed by atoms with E-state index in [1.54, 1.807) is 0 Å². The maximum atomic E-state index is 12.0. The molecule has 0 aromatic heterocycles. The minimum atomic E-state index is -0.640. The van der Waals surface area contributed by atoms with Gasteiger partial charge in [0.2, 0.25) is 0 Å². The summed E-state index contributed by atoms with van der Waals surface area (Å²) in [7, 11) is 0.